The van der Waals surface area contributed by atoms with E-state index in [1.54, 1.807) is 6.07 Å². The van der Waals surface area contributed by atoms with Crippen LogP contribution in [-0.4, -0.2) is 18.2 Å². The largest absolute Gasteiger partial charge is 0.508 e. The first-order chi connectivity index (χ1) is 9.24. The fourth-order valence-corrected chi connectivity index (χ4v) is 3.35. The monoisotopic (exact) mass is 261 g/mol. The van der Waals surface area contributed by atoms with Gasteiger partial charge in [0.25, 0.3) is 0 Å². The van der Waals surface area contributed by atoms with Gasteiger partial charge in [-0.3, -0.25) is 0 Å². The summed E-state index contributed by atoms with van der Waals surface area (Å²) in [7, 11) is 0. The Balaban J connectivity index is 2.04. The highest BCUT2D eigenvalue weighted by Gasteiger charge is 2.31. The Bertz CT molecular complexity index is 383. The van der Waals surface area contributed by atoms with Crippen LogP contribution in [0.4, 0.5) is 0 Å². The molecule has 0 aliphatic heterocycles. The lowest BCUT2D eigenvalue weighted by Crippen LogP contribution is -2.38. The van der Waals surface area contributed by atoms with Crippen LogP contribution in [0.1, 0.15) is 51.0 Å². The molecule has 0 saturated heterocycles. The zero-order chi connectivity index (χ0) is 13.6. The standard InChI is InChI=1S/C17H27NO/c1-2-11-18-14-17(9-4-3-5-10-17)13-15-7-6-8-16(19)12-15/h6-8,12,18-19H,2-5,9-11,13-14H2,1H3. The third-order valence-electron chi connectivity index (χ3n) is 4.33. The summed E-state index contributed by atoms with van der Waals surface area (Å²) in [6, 6.07) is 7.79. The molecule has 1 aliphatic rings. The molecule has 0 heterocycles. The van der Waals surface area contributed by atoms with E-state index >= 15 is 0 Å². The maximum atomic E-state index is 9.62. The number of phenolic OH excluding ortho intramolecular Hbond substituents is 1. The Kier molecular flexibility index (Phi) is 5.26. The van der Waals surface area contributed by atoms with E-state index in [-0.39, 0.29) is 0 Å². The van der Waals surface area contributed by atoms with Gasteiger partial charge in [-0.2, -0.15) is 0 Å². The SMILES string of the molecule is CCCNCC1(Cc2cccc(O)c2)CCCCC1. The number of phenols is 1. The maximum absolute atomic E-state index is 9.62. The van der Waals surface area contributed by atoms with Gasteiger partial charge in [-0.05, 0) is 55.3 Å². The van der Waals surface area contributed by atoms with Crippen molar-refractivity contribution in [1.29, 1.82) is 0 Å². The minimum atomic E-state index is 0.393. The van der Waals surface area contributed by atoms with E-state index in [9.17, 15) is 5.11 Å². The van der Waals surface area contributed by atoms with Crippen LogP contribution in [-0.2, 0) is 6.42 Å². The minimum absolute atomic E-state index is 0.393. The number of aromatic hydroxyl groups is 1. The molecule has 1 aromatic rings. The van der Waals surface area contributed by atoms with Crippen molar-refractivity contribution in [3.63, 3.8) is 0 Å². The zero-order valence-electron chi connectivity index (χ0n) is 12.1. The summed E-state index contributed by atoms with van der Waals surface area (Å²) in [6.45, 7) is 4.45. The predicted octanol–water partition coefficient (Wildman–Crippen LogP) is 3.88. The summed E-state index contributed by atoms with van der Waals surface area (Å²) < 4.78 is 0. The van der Waals surface area contributed by atoms with Gasteiger partial charge in [0, 0.05) is 6.54 Å². The lowest BCUT2D eigenvalue weighted by Gasteiger charge is -2.38. The van der Waals surface area contributed by atoms with Crippen molar-refractivity contribution >= 4 is 0 Å². The Morgan fingerprint density at radius 3 is 2.68 bits per heavy atom. The van der Waals surface area contributed by atoms with Gasteiger partial charge in [-0.15, -0.1) is 0 Å². The van der Waals surface area contributed by atoms with Crippen LogP contribution in [0.3, 0.4) is 0 Å². The maximum Gasteiger partial charge on any atom is 0.115 e. The first kappa shape index (κ1) is 14.4. The average Bonchev–Trinajstić information content (AvgIpc) is 2.40. The second-order valence-corrected chi connectivity index (χ2v) is 6.08. The van der Waals surface area contributed by atoms with Gasteiger partial charge in [-0.25, -0.2) is 0 Å². The van der Waals surface area contributed by atoms with Crippen LogP contribution in [0.25, 0.3) is 0 Å². The van der Waals surface area contributed by atoms with Crippen molar-refractivity contribution in [3.05, 3.63) is 29.8 Å². The molecule has 19 heavy (non-hydrogen) atoms. The van der Waals surface area contributed by atoms with Crippen LogP contribution >= 0.6 is 0 Å². The van der Waals surface area contributed by atoms with E-state index in [0.29, 0.717) is 11.2 Å². The van der Waals surface area contributed by atoms with Crippen LogP contribution in [0.5, 0.6) is 5.75 Å². The second kappa shape index (κ2) is 6.95. The molecular weight excluding hydrogens is 234 g/mol. The molecule has 0 bridgehead atoms. The lowest BCUT2D eigenvalue weighted by molar-refractivity contribution is 0.181. The summed E-state index contributed by atoms with van der Waals surface area (Å²) in [6.07, 6.45) is 9.02. The molecule has 1 fully saturated rings. The highest BCUT2D eigenvalue weighted by Crippen LogP contribution is 2.39. The van der Waals surface area contributed by atoms with Crippen molar-refractivity contribution in [2.45, 2.75) is 51.9 Å². The molecule has 1 aromatic carbocycles. The summed E-state index contributed by atoms with van der Waals surface area (Å²) in [4.78, 5) is 0. The Morgan fingerprint density at radius 1 is 1.21 bits per heavy atom. The molecule has 2 heteroatoms. The molecule has 1 aliphatic carbocycles. The van der Waals surface area contributed by atoms with E-state index in [0.717, 1.165) is 19.5 Å². The van der Waals surface area contributed by atoms with Crippen LogP contribution in [0.2, 0.25) is 0 Å². The molecule has 0 spiro atoms. The van der Waals surface area contributed by atoms with Crippen molar-refractivity contribution in [1.82, 2.24) is 5.32 Å². The first-order valence-corrected chi connectivity index (χ1v) is 7.73. The topological polar surface area (TPSA) is 32.3 Å². The predicted molar refractivity (Wildman–Crippen MR) is 80.5 cm³/mol. The van der Waals surface area contributed by atoms with Crippen LogP contribution < -0.4 is 5.32 Å². The molecule has 0 atom stereocenters. The van der Waals surface area contributed by atoms with E-state index in [4.69, 9.17) is 0 Å². The van der Waals surface area contributed by atoms with Gasteiger partial charge in [0.1, 0.15) is 5.75 Å². The van der Waals surface area contributed by atoms with Gasteiger partial charge in [0.2, 0.25) is 0 Å². The fraction of sp³-hybridized carbons (Fsp3) is 0.647. The average molecular weight is 261 g/mol. The van der Waals surface area contributed by atoms with Crippen molar-refractivity contribution in [3.8, 4) is 5.75 Å². The van der Waals surface area contributed by atoms with Gasteiger partial charge in [0.15, 0.2) is 0 Å². The fourth-order valence-electron chi connectivity index (χ4n) is 3.35. The zero-order valence-corrected chi connectivity index (χ0v) is 12.1. The molecule has 2 nitrogen and oxygen atoms in total. The highest BCUT2D eigenvalue weighted by molar-refractivity contribution is 5.28. The van der Waals surface area contributed by atoms with Gasteiger partial charge >= 0.3 is 0 Å². The van der Waals surface area contributed by atoms with Crippen LogP contribution in [0.15, 0.2) is 24.3 Å². The molecule has 1 saturated carbocycles. The van der Waals surface area contributed by atoms with Crippen LogP contribution in [0, 0.1) is 5.41 Å². The number of hydrogen-bond donors (Lipinski definition) is 2. The van der Waals surface area contributed by atoms with E-state index in [2.05, 4.69) is 18.3 Å². The highest BCUT2D eigenvalue weighted by atomic mass is 16.3. The van der Waals surface area contributed by atoms with Crippen molar-refractivity contribution in [2.75, 3.05) is 13.1 Å². The molecule has 106 valence electrons. The minimum Gasteiger partial charge on any atom is -0.508 e. The molecule has 2 N–H and O–H groups in total. The number of benzene rings is 1. The Labute approximate surface area is 117 Å². The van der Waals surface area contributed by atoms with Gasteiger partial charge in [0.05, 0.1) is 0 Å². The summed E-state index contributed by atoms with van der Waals surface area (Å²) in [5.74, 6) is 0.393. The smallest absolute Gasteiger partial charge is 0.115 e. The third kappa shape index (κ3) is 4.24. The molecule has 0 amide bonds. The molecule has 2 rings (SSSR count). The lowest BCUT2D eigenvalue weighted by atomic mass is 9.70. The quantitative estimate of drug-likeness (QED) is 0.762. The molecular formula is C17H27NO. The van der Waals surface area contributed by atoms with Gasteiger partial charge in [-0.1, -0.05) is 38.3 Å². The number of nitrogens with one attached hydrogen (secondary N) is 1. The molecule has 0 unspecified atom stereocenters. The second-order valence-electron chi connectivity index (χ2n) is 6.08. The van der Waals surface area contributed by atoms with E-state index < -0.39 is 0 Å². The Hall–Kier alpha value is -1.02. The Morgan fingerprint density at radius 2 is 2.00 bits per heavy atom. The number of hydrogen-bond acceptors (Lipinski definition) is 2. The summed E-state index contributed by atoms with van der Waals surface area (Å²) >= 11 is 0. The summed E-state index contributed by atoms with van der Waals surface area (Å²) in [5.41, 5.74) is 1.68. The van der Waals surface area contributed by atoms with E-state index in [1.807, 2.05) is 12.1 Å². The van der Waals surface area contributed by atoms with Crippen molar-refractivity contribution < 1.29 is 5.11 Å². The molecule has 0 aromatic heterocycles. The summed E-state index contributed by atoms with van der Waals surface area (Å²) in [5, 5.41) is 13.2. The third-order valence-corrected chi connectivity index (χ3v) is 4.33. The first-order valence-electron chi connectivity index (χ1n) is 7.73. The van der Waals surface area contributed by atoms with Gasteiger partial charge < -0.3 is 10.4 Å². The van der Waals surface area contributed by atoms with Crippen molar-refractivity contribution in [2.24, 2.45) is 5.41 Å². The number of rotatable bonds is 6. The molecule has 0 radical (unpaired) electrons. The van der Waals surface area contributed by atoms with E-state index in [1.165, 1.54) is 44.1 Å². The normalized spacial score (nSPS) is 18.4.